The lowest BCUT2D eigenvalue weighted by Crippen LogP contribution is -2.35. The summed E-state index contributed by atoms with van der Waals surface area (Å²) in [5.41, 5.74) is 0.633. The van der Waals surface area contributed by atoms with Gasteiger partial charge in [0.2, 0.25) is 5.91 Å². The number of thiophene rings is 1. The minimum Gasteiger partial charge on any atom is -0.495 e. The average molecular weight is 407 g/mol. The van der Waals surface area contributed by atoms with Crippen molar-refractivity contribution in [2.75, 3.05) is 25.5 Å². The molecule has 1 atom stereocenters. The topological polar surface area (TPSA) is 41.6 Å². The van der Waals surface area contributed by atoms with E-state index in [0.29, 0.717) is 28.8 Å². The number of aryl methyl sites for hydroxylation is 1. The van der Waals surface area contributed by atoms with Gasteiger partial charge in [-0.25, -0.2) is 0 Å². The number of hydrogen-bond acceptors (Lipinski definition) is 4. The first-order valence-corrected chi connectivity index (χ1v) is 10.6. The van der Waals surface area contributed by atoms with E-state index in [1.54, 1.807) is 25.3 Å². The normalized spacial score (nSPS) is 17.7. The standard InChI is InChI=1S/C21H27ClN2O2S/c1-15-5-8-18(27-15)14-24-11-3-4-16(13-24)6-10-21(25)23-19-12-17(22)7-9-20(19)26-2/h5,7-9,12,16H,3-4,6,10-11,13-14H2,1-2H3,(H,23,25). The number of nitrogens with one attached hydrogen (secondary N) is 1. The number of halogens is 1. The van der Waals surface area contributed by atoms with Gasteiger partial charge in [-0.05, 0) is 69.0 Å². The van der Waals surface area contributed by atoms with Crippen LogP contribution in [0.25, 0.3) is 0 Å². The predicted molar refractivity (Wildman–Crippen MR) is 113 cm³/mol. The van der Waals surface area contributed by atoms with Gasteiger partial charge >= 0.3 is 0 Å². The first-order valence-electron chi connectivity index (χ1n) is 9.44. The average Bonchev–Trinajstić information content (AvgIpc) is 3.05. The van der Waals surface area contributed by atoms with Crippen molar-refractivity contribution in [1.29, 1.82) is 0 Å². The van der Waals surface area contributed by atoms with Crippen molar-refractivity contribution in [2.45, 2.75) is 39.2 Å². The minimum absolute atomic E-state index is 0.0153. The van der Waals surface area contributed by atoms with Crippen LogP contribution < -0.4 is 10.1 Å². The number of amides is 1. The second kappa shape index (κ2) is 9.58. The first kappa shape index (κ1) is 20.2. The van der Waals surface area contributed by atoms with E-state index < -0.39 is 0 Å². The summed E-state index contributed by atoms with van der Waals surface area (Å²) in [5, 5.41) is 3.52. The SMILES string of the molecule is COc1ccc(Cl)cc1NC(=O)CCC1CCCN(Cc2ccc(C)s2)C1. The van der Waals surface area contributed by atoms with E-state index in [2.05, 4.69) is 29.3 Å². The minimum atomic E-state index is 0.0153. The van der Waals surface area contributed by atoms with E-state index in [-0.39, 0.29) is 5.91 Å². The molecule has 0 saturated carbocycles. The molecule has 0 radical (unpaired) electrons. The molecule has 4 nitrogen and oxygen atoms in total. The fraction of sp³-hybridized carbons (Fsp3) is 0.476. The maximum Gasteiger partial charge on any atom is 0.224 e. The molecular formula is C21H27ClN2O2S. The Hall–Kier alpha value is -1.56. The van der Waals surface area contributed by atoms with Gasteiger partial charge in [0.1, 0.15) is 5.75 Å². The lowest BCUT2D eigenvalue weighted by molar-refractivity contribution is -0.116. The third-order valence-corrected chi connectivity index (χ3v) is 6.21. The Labute approximate surface area is 170 Å². The summed E-state index contributed by atoms with van der Waals surface area (Å²) in [6, 6.07) is 9.67. The summed E-state index contributed by atoms with van der Waals surface area (Å²) in [4.78, 5) is 17.7. The summed E-state index contributed by atoms with van der Waals surface area (Å²) in [6.07, 6.45) is 3.84. The summed E-state index contributed by atoms with van der Waals surface area (Å²) < 4.78 is 5.29. The maximum atomic E-state index is 12.4. The van der Waals surface area contributed by atoms with E-state index in [0.717, 1.165) is 26.1 Å². The Morgan fingerprint density at radius 3 is 2.96 bits per heavy atom. The molecule has 0 spiro atoms. The molecule has 1 aliphatic heterocycles. The van der Waals surface area contributed by atoms with Crippen LogP contribution in [0.1, 0.15) is 35.4 Å². The summed E-state index contributed by atoms with van der Waals surface area (Å²) in [5.74, 6) is 1.22. The molecule has 1 N–H and O–H groups in total. The molecule has 1 amide bonds. The number of piperidine rings is 1. The molecule has 1 aromatic heterocycles. The van der Waals surface area contributed by atoms with Gasteiger partial charge in [-0.1, -0.05) is 11.6 Å². The molecule has 1 saturated heterocycles. The fourth-order valence-electron chi connectivity index (χ4n) is 3.65. The predicted octanol–water partition coefficient (Wildman–Crippen LogP) is 5.35. The number of carbonyl (C=O) groups excluding carboxylic acids is 1. The highest BCUT2D eigenvalue weighted by molar-refractivity contribution is 7.11. The van der Waals surface area contributed by atoms with Gasteiger partial charge in [0.15, 0.2) is 0 Å². The molecule has 0 bridgehead atoms. The summed E-state index contributed by atoms with van der Waals surface area (Å²) in [7, 11) is 1.59. The van der Waals surface area contributed by atoms with Gasteiger partial charge in [-0.2, -0.15) is 0 Å². The van der Waals surface area contributed by atoms with Gasteiger partial charge in [0.05, 0.1) is 12.8 Å². The van der Waals surface area contributed by atoms with Crippen LogP contribution in [-0.4, -0.2) is 31.0 Å². The van der Waals surface area contributed by atoms with Crippen LogP contribution in [0.5, 0.6) is 5.75 Å². The molecule has 0 aliphatic carbocycles. The van der Waals surface area contributed by atoms with Crippen molar-refractivity contribution in [2.24, 2.45) is 5.92 Å². The highest BCUT2D eigenvalue weighted by atomic mass is 35.5. The van der Waals surface area contributed by atoms with Crippen molar-refractivity contribution in [3.63, 3.8) is 0 Å². The number of carbonyl (C=O) groups is 1. The van der Waals surface area contributed by atoms with Crippen molar-refractivity contribution in [3.8, 4) is 5.75 Å². The molecule has 1 unspecified atom stereocenters. The third kappa shape index (κ3) is 5.96. The van der Waals surface area contributed by atoms with Gasteiger partial charge in [-0.3, -0.25) is 9.69 Å². The molecule has 6 heteroatoms. The Morgan fingerprint density at radius 1 is 1.37 bits per heavy atom. The van der Waals surface area contributed by atoms with Crippen LogP contribution in [-0.2, 0) is 11.3 Å². The van der Waals surface area contributed by atoms with E-state index in [4.69, 9.17) is 16.3 Å². The number of likely N-dealkylation sites (tertiary alicyclic amines) is 1. The largest absolute Gasteiger partial charge is 0.495 e. The summed E-state index contributed by atoms with van der Waals surface area (Å²) in [6.45, 7) is 5.41. The van der Waals surface area contributed by atoms with E-state index in [1.807, 2.05) is 11.3 Å². The molecule has 146 valence electrons. The highest BCUT2D eigenvalue weighted by Crippen LogP contribution is 2.29. The Balaban J connectivity index is 1.47. The van der Waals surface area contributed by atoms with E-state index >= 15 is 0 Å². The maximum absolute atomic E-state index is 12.4. The van der Waals surface area contributed by atoms with E-state index in [1.165, 1.54) is 22.6 Å². The van der Waals surface area contributed by atoms with Crippen molar-refractivity contribution in [3.05, 3.63) is 45.1 Å². The second-order valence-electron chi connectivity index (χ2n) is 7.19. The van der Waals surface area contributed by atoms with Crippen LogP contribution >= 0.6 is 22.9 Å². The van der Waals surface area contributed by atoms with Crippen molar-refractivity contribution < 1.29 is 9.53 Å². The Morgan fingerprint density at radius 2 is 2.22 bits per heavy atom. The molecular weight excluding hydrogens is 380 g/mol. The zero-order chi connectivity index (χ0) is 19.2. The molecule has 1 aliphatic rings. The van der Waals surface area contributed by atoms with Crippen LogP contribution in [0.15, 0.2) is 30.3 Å². The fourth-order valence-corrected chi connectivity index (χ4v) is 4.75. The number of rotatable bonds is 7. The smallest absolute Gasteiger partial charge is 0.224 e. The highest BCUT2D eigenvalue weighted by Gasteiger charge is 2.21. The number of methoxy groups -OCH3 is 1. The zero-order valence-corrected chi connectivity index (χ0v) is 17.5. The second-order valence-corrected chi connectivity index (χ2v) is 9.00. The molecule has 1 fully saturated rings. The first-order chi connectivity index (χ1) is 13.0. The van der Waals surface area contributed by atoms with Crippen LogP contribution in [0.3, 0.4) is 0 Å². The van der Waals surface area contributed by atoms with Crippen LogP contribution in [0.2, 0.25) is 5.02 Å². The third-order valence-electron chi connectivity index (χ3n) is 4.99. The van der Waals surface area contributed by atoms with Gasteiger partial charge in [-0.15, -0.1) is 11.3 Å². The lowest BCUT2D eigenvalue weighted by Gasteiger charge is -2.32. The number of ether oxygens (including phenoxy) is 1. The number of anilines is 1. The van der Waals surface area contributed by atoms with Gasteiger partial charge in [0.25, 0.3) is 0 Å². The summed E-state index contributed by atoms with van der Waals surface area (Å²) >= 11 is 7.91. The van der Waals surface area contributed by atoms with Crippen molar-refractivity contribution >= 4 is 34.5 Å². The number of nitrogens with zero attached hydrogens (tertiary/aromatic N) is 1. The number of benzene rings is 1. The Kier molecular flexibility index (Phi) is 7.16. The van der Waals surface area contributed by atoms with Crippen molar-refractivity contribution in [1.82, 2.24) is 4.90 Å². The van der Waals surface area contributed by atoms with Crippen LogP contribution in [0, 0.1) is 12.8 Å². The number of hydrogen-bond donors (Lipinski definition) is 1. The quantitative estimate of drug-likeness (QED) is 0.673. The molecule has 27 heavy (non-hydrogen) atoms. The van der Waals surface area contributed by atoms with Crippen LogP contribution in [0.4, 0.5) is 5.69 Å². The lowest BCUT2D eigenvalue weighted by atomic mass is 9.93. The Bertz CT molecular complexity index is 777. The van der Waals surface area contributed by atoms with Gasteiger partial charge in [0, 0.05) is 34.3 Å². The molecule has 2 heterocycles. The van der Waals surface area contributed by atoms with E-state index in [9.17, 15) is 4.79 Å². The molecule has 3 rings (SSSR count). The monoisotopic (exact) mass is 406 g/mol. The van der Waals surface area contributed by atoms with Gasteiger partial charge < -0.3 is 10.1 Å². The zero-order valence-electron chi connectivity index (χ0n) is 16.0. The molecule has 2 aromatic rings. The molecule has 1 aromatic carbocycles.